The van der Waals surface area contributed by atoms with Crippen molar-refractivity contribution in [2.75, 3.05) is 19.3 Å². The van der Waals surface area contributed by atoms with Gasteiger partial charge in [0.25, 0.3) is 0 Å². The monoisotopic (exact) mass is 344 g/mol. The van der Waals surface area contributed by atoms with Gasteiger partial charge in [-0.1, -0.05) is 23.7 Å². The summed E-state index contributed by atoms with van der Waals surface area (Å²) in [7, 11) is -3.16. The predicted molar refractivity (Wildman–Crippen MR) is 87.2 cm³/mol. The average molecular weight is 345 g/mol. The Morgan fingerprint density at radius 3 is 2.32 bits per heavy atom. The largest absolute Gasteiger partial charge is 0.349 e. The Morgan fingerprint density at radius 2 is 1.82 bits per heavy atom. The van der Waals surface area contributed by atoms with Crippen molar-refractivity contribution in [1.29, 1.82) is 0 Å². The van der Waals surface area contributed by atoms with E-state index in [0.29, 0.717) is 31.0 Å². The maximum Gasteiger partial charge on any atom is 0.223 e. The van der Waals surface area contributed by atoms with Crippen molar-refractivity contribution in [1.82, 2.24) is 9.62 Å². The third kappa shape index (κ3) is 4.44. The molecule has 2 rings (SSSR count). The lowest BCUT2D eigenvalue weighted by Gasteiger charge is -2.30. The van der Waals surface area contributed by atoms with Gasteiger partial charge in [-0.3, -0.25) is 4.79 Å². The number of carbonyl (C=O) groups excluding carboxylic acids is 1. The number of hydrogen-bond acceptors (Lipinski definition) is 3. The van der Waals surface area contributed by atoms with Crippen molar-refractivity contribution in [3.63, 3.8) is 0 Å². The maximum absolute atomic E-state index is 12.3. The molecule has 1 heterocycles. The number of nitrogens with one attached hydrogen (secondary N) is 1. The summed E-state index contributed by atoms with van der Waals surface area (Å²) in [6.07, 6.45) is 2.33. The number of benzene rings is 1. The Hall–Kier alpha value is -1.11. The fraction of sp³-hybridized carbons (Fsp3) is 0.533. The predicted octanol–water partition coefficient (Wildman–Crippen LogP) is 2.19. The Morgan fingerprint density at radius 1 is 1.27 bits per heavy atom. The molecule has 0 aliphatic carbocycles. The van der Waals surface area contributed by atoms with Gasteiger partial charge in [0.15, 0.2) is 0 Å². The van der Waals surface area contributed by atoms with E-state index >= 15 is 0 Å². The van der Waals surface area contributed by atoms with Gasteiger partial charge in [0.2, 0.25) is 15.9 Å². The minimum absolute atomic E-state index is 0.0180. The van der Waals surface area contributed by atoms with Crippen LogP contribution < -0.4 is 5.32 Å². The summed E-state index contributed by atoms with van der Waals surface area (Å²) in [6, 6.07) is 7.27. The van der Waals surface area contributed by atoms with Crippen LogP contribution in [-0.4, -0.2) is 38.0 Å². The zero-order valence-corrected chi connectivity index (χ0v) is 14.3. The Kier molecular flexibility index (Phi) is 5.47. The van der Waals surface area contributed by atoms with Gasteiger partial charge in [0, 0.05) is 24.0 Å². The van der Waals surface area contributed by atoms with Crippen LogP contribution in [0.2, 0.25) is 5.02 Å². The van der Waals surface area contributed by atoms with Crippen LogP contribution in [0.15, 0.2) is 24.3 Å². The lowest BCUT2D eigenvalue weighted by molar-refractivity contribution is -0.126. The number of nitrogens with zero attached hydrogens (tertiary/aromatic N) is 1. The first-order valence-electron chi connectivity index (χ1n) is 7.28. The van der Waals surface area contributed by atoms with Gasteiger partial charge in [-0.05, 0) is 37.5 Å². The minimum atomic E-state index is -3.16. The molecule has 22 heavy (non-hydrogen) atoms. The highest BCUT2D eigenvalue weighted by molar-refractivity contribution is 7.88. The summed E-state index contributed by atoms with van der Waals surface area (Å²) in [4.78, 5) is 12.3. The van der Waals surface area contributed by atoms with Gasteiger partial charge >= 0.3 is 0 Å². The van der Waals surface area contributed by atoms with Crippen LogP contribution >= 0.6 is 11.6 Å². The Bertz CT molecular complexity index is 623. The molecular formula is C15H21ClN2O3S. The zero-order chi connectivity index (χ0) is 16.3. The van der Waals surface area contributed by atoms with E-state index in [4.69, 9.17) is 11.6 Å². The fourth-order valence-electron chi connectivity index (χ4n) is 2.62. The van der Waals surface area contributed by atoms with Crippen LogP contribution in [0.25, 0.3) is 0 Å². The van der Waals surface area contributed by atoms with Gasteiger partial charge in [0.1, 0.15) is 0 Å². The second-order valence-corrected chi connectivity index (χ2v) is 8.14. The van der Waals surface area contributed by atoms with Gasteiger partial charge in [-0.15, -0.1) is 0 Å². The van der Waals surface area contributed by atoms with Gasteiger partial charge in [-0.2, -0.15) is 0 Å². The molecule has 0 bridgehead atoms. The fourth-order valence-corrected chi connectivity index (χ4v) is 3.62. The topological polar surface area (TPSA) is 66.5 Å². The van der Waals surface area contributed by atoms with Crippen LogP contribution in [0.4, 0.5) is 0 Å². The van der Waals surface area contributed by atoms with Crippen LogP contribution in [0.1, 0.15) is 31.4 Å². The highest BCUT2D eigenvalue weighted by Gasteiger charge is 2.29. The third-order valence-corrected chi connectivity index (χ3v) is 5.58. The number of hydrogen-bond donors (Lipinski definition) is 1. The molecule has 0 aromatic heterocycles. The quantitative estimate of drug-likeness (QED) is 0.910. The SMILES string of the molecule is C[C@H](NC(=O)C1CCN(S(C)(=O)=O)CC1)c1ccc(Cl)cc1. The lowest BCUT2D eigenvalue weighted by atomic mass is 9.96. The molecule has 0 unspecified atom stereocenters. The average Bonchev–Trinajstić information content (AvgIpc) is 2.47. The molecule has 0 radical (unpaired) electrons. The first-order valence-corrected chi connectivity index (χ1v) is 9.51. The molecule has 1 aliphatic heterocycles. The molecule has 1 amide bonds. The number of sulfonamides is 1. The molecule has 0 saturated carbocycles. The molecule has 1 fully saturated rings. The van der Waals surface area contributed by atoms with Gasteiger partial charge in [-0.25, -0.2) is 12.7 Å². The normalized spacial score (nSPS) is 18.9. The molecule has 1 aromatic carbocycles. The second-order valence-electron chi connectivity index (χ2n) is 5.72. The van der Waals surface area contributed by atoms with Crippen molar-refractivity contribution in [3.05, 3.63) is 34.9 Å². The second kappa shape index (κ2) is 6.98. The summed E-state index contributed by atoms with van der Waals surface area (Å²) in [5.41, 5.74) is 0.992. The summed E-state index contributed by atoms with van der Waals surface area (Å²) >= 11 is 5.85. The number of halogens is 1. The molecule has 1 aromatic rings. The molecule has 1 N–H and O–H groups in total. The van der Waals surface area contributed by atoms with Crippen molar-refractivity contribution in [2.24, 2.45) is 5.92 Å². The van der Waals surface area contributed by atoms with E-state index in [1.807, 2.05) is 19.1 Å². The van der Waals surface area contributed by atoms with Crippen molar-refractivity contribution >= 4 is 27.5 Å². The number of carbonyl (C=O) groups is 1. The summed E-state index contributed by atoms with van der Waals surface area (Å²) in [6.45, 7) is 2.74. The third-order valence-electron chi connectivity index (χ3n) is 4.02. The zero-order valence-electron chi connectivity index (χ0n) is 12.8. The number of rotatable bonds is 4. The first-order chi connectivity index (χ1) is 10.3. The van der Waals surface area contributed by atoms with Crippen molar-refractivity contribution < 1.29 is 13.2 Å². The molecular weight excluding hydrogens is 324 g/mol. The Labute approximate surface area is 136 Å². The van der Waals surface area contributed by atoms with Gasteiger partial charge in [0.05, 0.1) is 12.3 Å². The molecule has 5 nitrogen and oxygen atoms in total. The standard InChI is InChI=1S/C15H21ClN2O3S/c1-11(12-3-5-14(16)6-4-12)17-15(19)13-7-9-18(10-8-13)22(2,20)21/h3-6,11,13H,7-10H2,1-2H3,(H,17,19)/t11-/m0/s1. The van der Waals surface area contributed by atoms with E-state index in [2.05, 4.69) is 5.32 Å². The highest BCUT2D eigenvalue weighted by Crippen LogP contribution is 2.21. The minimum Gasteiger partial charge on any atom is -0.349 e. The summed E-state index contributed by atoms with van der Waals surface area (Å²) in [5, 5.41) is 3.65. The van der Waals surface area contributed by atoms with E-state index in [0.717, 1.165) is 5.56 Å². The van der Waals surface area contributed by atoms with Gasteiger partial charge < -0.3 is 5.32 Å². The summed E-state index contributed by atoms with van der Waals surface area (Å²) in [5.74, 6) is -0.150. The maximum atomic E-state index is 12.3. The molecule has 7 heteroatoms. The van der Waals surface area contributed by atoms with E-state index in [9.17, 15) is 13.2 Å². The smallest absolute Gasteiger partial charge is 0.223 e. The summed E-state index contributed by atoms with van der Waals surface area (Å²) < 4.78 is 24.4. The Balaban J connectivity index is 1.89. The van der Waals surface area contributed by atoms with E-state index < -0.39 is 10.0 Å². The van der Waals surface area contributed by atoms with E-state index in [1.54, 1.807) is 12.1 Å². The highest BCUT2D eigenvalue weighted by atomic mass is 35.5. The van der Waals surface area contributed by atoms with Crippen molar-refractivity contribution in [2.45, 2.75) is 25.8 Å². The number of amides is 1. The molecule has 1 saturated heterocycles. The van der Waals surface area contributed by atoms with Crippen LogP contribution in [0, 0.1) is 5.92 Å². The molecule has 1 aliphatic rings. The van der Waals surface area contributed by atoms with E-state index in [-0.39, 0.29) is 17.9 Å². The molecule has 0 spiro atoms. The van der Waals surface area contributed by atoms with Crippen LogP contribution in [-0.2, 0) is 14.8 Å². The van der Waals surface area contributed by atoms with Crippen molar-refractivity contribution in [3.8, 4) is 0 Å². The van der Waals surface area contributed by atoms with Crippen LogP contribution in [0.5, 0.6) is 0 Å². The first kappa shape index (κ1) is 17.2. The van der Waals surface area contributed by atoms with Crippen LogP contribution in [0.3, 0.4) is 0 Å². The van der Waals surface area contributed by atoms with E-state index in [1.165, 1.54) is 10.6 Å². The lowest BCUT2D eigenvalue weighted by Crippen LogP contribution is -2.43. The molecule has 1 atom stereocenters. The molecule has 122 valence electrons. The number of piperidine rings is 1.